The van der Waals surface area contributed by atoms with E-state index in [-0.39, 0.29) is 0 Å². The first-order chi connectivity index (χ1) is 9.19. The molecule has 1 aliphatic carbocycles. The summed E-state index contributed by atoms with van der Waals surface area (Å²) in [6.07, 6.45) is 3.82. The van der Waals surface area contributed by atoms with Crippen molar-refractivity contribution in [2.45, 2.75) is 45.3 Å². The van der Waals surface area contributed by atoms with Gasteiger partial charge in [-0.3, -0.25) is 0 Å². The summed E-state index contributed by atoms with van der Waals surface area (Å²) >= 11 is 1.94. The molecule has 1 fully saturated rings. The Morgan fingerprint density at radius 3 is 2.95 bits per heavy atom. The molecule has 0 aliphatic heterocycles. The number of hydrogen-bond donors (Lipinski definition) is 1. The SMILES string of the molecule is COCCCN(C)Cc1cc(CNC2CC2)sc1C. The number of methoxy groups -OCH3 is 1. The first kappa shape index (κ1) is 15.0. The minimum atomic E-state index is 0.794. The maximum atomic E-state index is 5.10. The van der Waals surface area contributed by atoms with Crippen LogP contribution in [0.15, 0.2) is 6.07 Å². The molecule has 19 heavy (non-hydrogen) atoms. The van der Waals surface area contributed by atoms with Gasteiger partial charge < -0.3 is 15.0 Å². The molecule has 1 saturated carbocycles. The zero-order valence-electron chi connectivity index (χ0n) is 12.4. The Morgan fingerprint density at radius 1 is 1.47 bits per heavy atom. The van der Waals surface area contributed by atoms with Crippen molar-refractivity contribution >= 4 is 11.3 Å². The molecule has 2 rings (SSSR count). The minimum absolute atomic E-state index is 0.794. The third kappa shape index (κ3) is 5.22. The van der Waals surface area contributed by atoms with Crippen molar-refractivity contribution in [3.63, 3.8) is 0 Å². The van der Waals surface area contributed by atoms with E-state index in [0.29, 0.717) is 0 Å². The molecule has 0 unspecified atom stereocenters. The van der Waals surface area contributed by atoms with Crippen LogP contribution in [0.3, 0.4) is 0 Å². The monoisotopic (exact) mass is 282 g/mol. The Hall–Kier alpha value is -0.420. The maximum absolute atomic E-state index is 5.10. The molecule has 1 aromatic heterocycles. The molecule has 4 heteroatoms. The lowest BCUT2D eigenvalue weighted by Gasteiger charge is -2.16. The fourth-order valence-corrected chi connectivity index (χ4v) is 3.22. The van der Waals surface area contributed by atoms with Crippen molar-refractivity contribution in [2.24, 2.45) is 0 Å². The topological polar surface area (TPSA) is 24.5 Å². The average molecular weight is 282 g/mol. The van der Waals surface area contributed by atoms with Crippen molar-refractivity contribution in [3.8, 4) is 0 Å². The van der Waals surface area contributed by atoms with E-state index in [9.17, 15) is 0 Å². The zero-order chi connectivity index (χ0) is 13.7. The summed E-state index contributed by atoms with van der Waals surface area (Å²) in [5, 5.41) is 3.59. The van der Waals surface area contributed by atoms with Crippen LogP contribution < -0.4 is 5.32 Å². The van der Waals surface area contributed by atoms with E-state index >= 15 is 0 Å². The van der Waals surface area contributed by atoms with Crippen LogP contribution in [0.1, 0.15) is 34.6 Å². The van der Waals surface area contributed by atoms with Crippen molar-refractivity contribution in [3.05, 3.63) is 21.4 Å². The van der Waals surface area contributed by atoms with Gasteiger partial charge in [-0.05, 0) is 44.9 Å². The van der Waals surface area contributed by atoms with E-state index < -0.39 is 0 Å². The summed E-state index contributed by atoms with van der Waals surface area (Å²) in [7, 11) is 3.96. The molecule has 0 atom stereocenters. The number of nitrogens with zero attached hydrogens (tertiary/aromatic N) is 1. The molecule has 0 spiro atoms. The minimum Gasteiger partial charge on any atom is -0.385 e. The summed E-state index contributed by atoms with van der Waals surface area (Å²) in [6, 6.07) is 3.17. The molecule has 1 aromatic rings. The second kappa shape index (κ2) is 7.39. The molecule has 0 bridgehead atoms. The summed E-state index contributed by atoms with van der Waals surface area (Å²) in [4.78, 5) is 5.32. The van der Waals surface area contributed by atoms with Crippen molar-refractivity contribution < 1.29 is 4.74 Å². The number of hydrogen-bond acceptors (Lipinski definition) is 4. The third-order valence-electron chi connectivity index (χ3n) is 3.54. The predicted molar refractivity (Wildman–Crippen MR) is 81.7 cm³/mol. The highest BCUT2D eigenvalue weighted by molar-refractivity contribution is 7.12. The summed E-state index contributed by atoms with van der Waals surface area (Å²) < 4.78 is 5.10. The number of ether oxygens (including phenoxy) is 1. The van der Waals surface area contributed by atoms with Gasteiger partial charge in [0.1, 0.15) is 0 Å². The van der Waals surface area contributed by atoms with Gasteiger partial charge in [0.2, 0.25) is 0 Å². The molecular formula is C15H26N2OS. The Bertz CT molecular complexity index is 387. The lowest BCUT2D eigenvalue weighted by atomic mass is 10.2. The van der Waals surface area contributed by atoms with E-state index in [1.807, 2.05) is 11.3 Å². The Balaban J connectivity index is 1.77. The average Bonchev–Trinajstić information content (AvgIpc) is 3.13. The second-order valence-corrected chi connectivity index (χ2v) is 6.87. The molecule has 1 aliphatic rings. The van der Waals surface area contributed by atoms with Crippen LogP contribution in [-0.4, -0.2) is 38.3 Å². The quantitative estimate of drug-likeness (QED) is 0.705. The zero-order valence-corrected chi connectivity index (χ0v) is 13.2. The van der Waals surface area contributed by atoms with Gasteiger partial charge in [-0.25, -0.2) is 0 Å². The molecule has 0 aromatic carbocycles. The Morgan fingerprint density at radius 2 is 2.26 bits per heavy atom. The highest BCUT2D eigenvalue weighted by atomic mass is 32.1. The lowest BCUT2D eigenvalue weighted by Crippen LogP contribution is -2.20. The first-order valence-electron chi connectivity index (χ1n) is 7.18. The molecule has 1 heterocycles. The number of nitrogens with one attached hydrogen (secondary N) is 1. The highest BCUT2D eigenvalue weighted by Gasteiger charge is 2.20. The van der Waals surface area contributed by atoms with Gasteiger partial charge in [-0.2, -0.15) is 0 Å². The number of aryl methyl sites for hydroxylation is 1. The smallest absolute Gasteiger partial charge is 0.0474 e. The van der Waals surface area contributed by atoms with E-state index in [0.717, 1.165) is 38.7 Å². The Labute approximate surface area is 121 Å². The molecule has 0 saturated heterocycles. The largest absolute Gasteiger partial charge is 0.385 e. The van der Waals surface area contributed by atoms with Crippen LogP contribution in [0, 0.1) is 6.92 Å². The fourth-order valence-electron chi connectivity index (χ4n) is 2.21. The Kier molecular flexibility index (Phi) is 5.82. The van der Waals surface area contributed by atoms with Crippen molar-refractivity contribution in [1.82, 2.24) is 10.2 Å². The van der Waals surface area contributed by atoms with E-state index in [2.05, 4.69) is 30.3 Å². The second-order valence-electron chi connectivity index (χ2n) is 5.53. The molecular weight excluding hydrogens is 256 g/mol. The highest BCUT2D eigenvalue weighted by Crippen LogP contribution is 2.25. The lowest BCUT2D eigenvalue weighted by molar-refractivity contribution is 0.178. The van der Waals surface area contributed by atoms with Crippen LogP contribution in [0.2, 0.25) is 0 Å². The van der Waals surface area contributed by atoms with Gasteiger partial charge in [0.25, 0.3) is 0 Å². The molecule has 0 amide bonds. The van der Waals surface area contributed by atoms with Crippen LogP contribution in [-0.2, 0) is 17.8 Å². The van der Waals surface area contributed by atoms with E-state index in [1.165, 1.54) is 28.2 Å². The third-order valence-corrected chi connectivity index (χ3v) is 4.64. The molecule has 108 valence electrons. The van der Waals surface area contributed by atoms with Gasteiger partial charge in [0.15, 0.2) is 0 Å². The summed E-state index contributed by atoms with van der Waals surface area (Å²) in [5.74, 6) is 0. The number of rotatable bonds is 9. The van der Waals surface area contributed by atoms with E-state index in [4.69, 9.17) is 4.74 Å². The van der Waals surface area contributed by atoms with Crippen LogP contribution in [0.25, 0.3) is 0 Å². The normalized spacial score (nSPS) is 15.4. The van der Waals surface area contributed by atoms with E-state index in [1.54, 1.807) is 7.11 Å². The van der Waals surface area contributed by atoms with Crippen LogP contribution in [0.4, 0.5) is 0 Å². The van der Waals surface area contributed by atoms with Gasteiger partial charge in [0.05, 0.1) is 0 Å². The molecule has 0 radical (unpaired) electrons. The molecule has 1 N–H and O–H groups in total. The summed E-state index contributed by atoms with van der Waals surface area (Å²) in [5.41, 5.74) is 1.48. The van der Waals surface area contributed by atoms with Gasteiger partial charge in [-0.15, -0.1) is 11.3 Å². The van der Waals surface area contributed by atoms with Crippen LogP contribution in [0.5, 0.6) is 0 Å². The van der Waals surface area contributed by atoms with Crippen LogP contribution >= 0.6 is 11.3 Å². The van der Waals surface area contributed by atoms with Gasteiger partial charge >= 0.3 is 0 Å². The fraction of sp³-hybridized carbons (Fsp3) is 0.733. The number of thiophene rings is 1. The van der Waals surface area contributed by atoms with Gasteiger partial charge in [0, 0.05) is 49.1 Å². The predicted octanol–water partition coefficient (Wildman–Crippen LogP) is 2.78. The maximum Gasteiger partial charge on any atom is 0.0474 e. The summed E-state index contributed by atoms with van der Waals surface area (Å²) in [6.45, 7) is 6.28. The van der Waals surface area contributed by atoms with Crippen molar-refractivity contribution in [1.29, 1.82) is 0 Å². The van der Waals surface area contributed by atoms with Gasteiger partial charge in [-0.1, -0.05) is 0 Å². The standard InChI is InChI=1S/C15H26N2OS/c1-12-13(11-17(2)7-4-8-18-3)9-15(19-12)10-16-14-5-6-14/h9,14,16H,4-8,10-11H2,1-3H3. The first-order valence-corrected chi connectivity index (χ1v) is 7.99. The van der Waals surface area contributed by atoms with Crippen molar-refractivity contribution in [2.75, 3.05) is 27.3 Å². The molecule has 3 nitrogen and oxygen atoms in total.